The van der Waals surface area contributed by atoms with Gasteiger partial charge in [-0.25, -0.2) is 4.57 Å². The highest BCUT2D eigenvalue weighted by molar-refractivity contribution is 7.47. The van der Waals surface area contributed by atoms with Crippen LogP contribution in [0.5, 0.6) is 0 Å². The second-order valence-electron chi connectivity index (χ2n) is 16.1. The van der Waals surface area contributed by atoms with Gasteiger partial charge in [-0.3, -0.25) is 18.6 Å². The largest absolute Gasteiger partial charge is 0.472 e. The maximum atomic E-state index is 12.7. The van der Waals surface area contributed by atoms with E-state index in [2.05, 4.69) is 64.2 Å². The van der Waals surface area contributed by atoms with E-state index < -0.39 is 38.6 Å². The number of esters is 2. The number of aryl methyl sites for hydroxylation is 2. The average Bonchev–Trinajstić information content (AvgIpc) is 3.45. The van der Waals surface area contributed by atoms with E-state index in [4.69, 9.17) is 22.9 Å². The number of rotatable bonds is 35. The summed E-state index contributed by atoms with van der Waals surface area (Å²) in [6.45, 7) is 8.23. The number of aliphatic hydroxyl groups excluding tert-OH is 1. The first-order valence-corrected chi connectivity index (χ1v) is 23.6. The van der Waals surface area contributed by atoms with Crippen molar-refractivity contribution in [1.82, 2.24) is 0 Å². The highest BCUT2D eigenvalue weighted by Gasteiger charge is 2.27. The van der Waals surface area contributed by atoms with Crippen molar-refractivity contribution in [2.24, 2.45) is 0 Å². The van der Waals surface area contributed by atoms with Gasteiger partial charge in [-0.1, -0.05) is 112 Å². The quantitative estimate of drug-likeness (QED) is 0.0169. The molecule has 11 nitrogen and oxygen atoms in total. The van der Waals surface area contributed by atoms with Gasteiger partial charge in [-0.2, -0.15) is 0 Å². The smallest absolute Gasteiger partial charge is 0.466 e. The SMILES string of the molecule is CC/C=C\C/C=C\C/C=C\C/C=C\C=C/C(O)C/C=C\CCC(=O)O[C@H](COC(=O)CCCCCCCCc1oc(CCC)c(C)c1C)COP(=O)(O)OCC[N+](C)(C)C. The Bertz CT molecular complexity index is 1550. The lowest BCUT2D eigenvalue weighted by Gasteiger charge is -2.24. The number of nitrogens with zero attached hydrogens (tertiary/aromatic N) is 1. The molecule has 2 unspecified atom stereocenters. The van der Waals surface area contributed by atoms with Crippen molar-refractivity contribution in [3.8, 4) is 0 Å². The van der Waals surface area contributed by atoms with Crippen LogP contribution >= 0.6 is 7.82 Å². The van der Waals surface area contributed by atoms with Crippen LogP contribution in [0.3, 0.4) is 0 Å². The van der Waals surface area contributed by atoms with Gasteiger partial charge in [-0.05, 0) is 82.8 Å². The zero-order chi connectivity index (χ0) is 44.5. The summed E-state index contributed by atoms with van der Waals surface area (Å²) in [6.07, 6.45) is 35.7. The minimum Gasteiger partial charge on any atom is -0.466 e. The molecule has 0 aromatic carbocycles. The van der Waals surface area contributed by atoms with E-state index >= 15 is 0 Å². The maximum Gasteiger partial charge on any atom is 0.472 e. The Hall–Kier alpha value is -3.31. The molecule has 0 amide bonds. The Morgan fingerprint density at radius 2 is 1.35 bits per heavy atom. The van der Waals surface area contributed by atoms with Crippen LogP contribution in [0.1, 0.15) is 133 Å². The molecule has 0 fully saturated rings. The molecule has 0 aliphatic carbocycles. The van der Waals surface area contributed by atoms with E-state index in [1.54, 1.807) is 18.2 Å². The second kappa shape index (κ2) is 33.3. The predicted molar refractivity (Wildman–Crippen MR) is 243 cm³/mol. The molecule has 0 aliphatic rings. The van der Waals surface area contributed by atoms with Gasteiger partial charge in [0.05, 0.1) is 33.9 Å². The summed E-state index contributed by atoms with van der Waals surface area (Å²) >= 11 is 0. The third-order valence-corrected chi connectivity index (χ3v) is 10.5. The zero-order valence-electron chi connectivity index (χ0n) is 38.0. The molecule has 0 radical (unpaired) electrons. The number of unbranched alkanes of at least 4 members (excludes halogenated alkanes) is 5. The number of ether oxygens (including phenoxy) is 2. The van der Waals surface area contributed by atoms with Gasteiger partial charge in [0.1, 0.15) is 31.3 Å². The first kappa shape index (κ1) is 54.7. The summed E-state index contributed by atoms with van der Waals surface area (Å²) in [6, 6.07) is 0. The lowest BCUT2D eigenvalue weighted by molar-refractivity contribution is -0.870. The van der Waals surface area contributed by atoms with E-state index in [9.17, 15) is 24.2 Å². The number of allylic oxidation sites excluding steroid dienone is 10. The van der Waals surface area contributed by atoms with Crippen molar-refractivity contribution >= 4 is 19.8 Å². The number of aliphatic hydroxyl groups is 1. The summed E-state index contributed by atoms with van der Waals surface area (Å²) in [4.78, 5) is 35.5. The van der Waals surface area contributed by atoms with Crippen molar-refractivity contribution in [1.29, 1.82) is 0 Å². The molecule has 1 aromatic rings. The van der Waals surface area contributed by atoms with Crippen LogP contribution in [0.15, 0.2) is 77.3 Å². The van der Waals surface area contributed by atoms with Crippen molar-refractivity contribution in [3.05, 3.63) is 95.6 Å². The van der Waals surface area contributed by atoms with Crippen molar-refractivity contribution in [2.75, 3.05) is 47.5 Å². The van der Waals surface area contributed by atoms with Crippen LogP contribution in [-0.2, 0) is 45.5 Å². The monoisotopic (exact) mass is 861 g/mol. The molecule has 0 aliphatic heterocycles. The third kappa shape index (κ3) is 29.8. The molecule has 0 bridgehead atoms. The number of hydrogen-bond acceptors (Lipinski definition) is 9. The fourth-order valence-electron chi connectivity index (χ4n) is 5.82. The van der Waals surface area contributed by atoms with Crippen molar-refractivity contribution in [3.63, 3.8) is 0 Å². The Kier molecular flexibility index (Phi) is 30.4. The second-order valence-corrected chi connectivity index (χ2v) is 17.6. The Morgan fingerprint density at radius 1 is 0.733 bits per heavy atom. The Morgan fingerprint density at radius 3 is 2.00 bits per heavy atom. The molecule has 0 saturated carbocycles. The summed E-state index contributed by atoms with van der Waals surface area (Å²) in [7, 11) is 1.33. The fourth-order valence-corrected chi connectivity index (χ4v) is 6.56. The maximum absolute atomic E-state index is 12.7. The topological polar surface area (TPSA) is 142 Å². The molecule has 0 spiro atoms. The number of carbonyl (C=O) groups is 2. The molecular formula is C48H79NO10P+. The standard InChI is InChI=1S/C48H78NO10P/c1-8-10-11-12-13-14-15-16-17-18-19-22-26-32-43(50)33-27-25-30-36-48(52)58-44(40-57-60(53,54)56-38-37-49(5,6)7)39-55-47(51)35-29-24-21-20-23-28-34-46-42(4)41(3)45(59-46)31-9-2/h10-11,13-14,16-17,19,22,25-27,32,43-44,50H,8-9,12,15,18,20-21,23-24,28-31,33-40H2,1-7H3/p+1/b11-10-,14-13-,17-16-,22-19-,27-25-,32-26-/t43?,44-/m1/s1. The number of hydrogen-bond donors (Lipinski definition) is 2. The molecule has 1 heterocycles. The van der Waals surface area contributed by atoms with Gasteiger partial charge >= 0.3 is 19.8 Å². The van der Waals surface area contributed by atoms with Crippen LogP contribution in [0.2, 0.25) is 0 Å². The first-order valence-electron chi connectivity index (χ1n) is 22.1. The summed E-state index contributed by atoms with van der Waals surface area (Å²) in [5.41, 5.74) is 2.56. The van der Waals surface area contributed by atoms with Crippen LogP contribution in [-0.4, -0.2) is 86.1 Å². The van der Waals surface area contributed by atoms with Gasteiger partial charge in [0.15, 0.2) is 6.10 Å². The summed E-state index contributed by atoms with van der Waals surface area (Å²) in [5, 5.41) is 10.2. The first-order chi connectivity index (χ1) is 28.7. The molecular weight excluding hydrogens is 781 g/mol. The Labute approximate surface area is 362 Å². The molecule has 1 rings (SSSR count). The normalized spacial score (nSPS) is 14.8. The predicted octanol–water partition coefficient (Wildman–Crippen LogP) is 10.9. The number of furan rings is 1. The van der Waals surface area contributed by atoms with Crippen LogP contribution < -0.4 is 0 Å². The van der Waals surface area contributed by atoms with Crippen LogP contribution in [0.4, 0.5) is 0 Å². The number of phosphoric acid groups is 1. The minimum absolute atomic E-state index is 0.0127. The molecule has 12 heteroatoms. The molecule has 0 saturated heterocycles. The molecule has 340 valence electrons. The van der Waals surface area contributed by atoms with Gasteiger partial charge in [0.2, 0.25) is 0 Å². The van der Waals surface area contributed by atoms with Crippen LogP contribution in [0, 0.1) is 13.8 Å². The zero-order valence-corrected chi connectivity index (χ0v) is 38.9. The summed E-state index contributed by atoms with van der Waals surface area (Å²) < 4.78 is 40.3. The highest BCUT2D eigenvalue weighted by Crippen LogP contribution is 2.43. The number of carbonyl (C=O) groups excluding carboxylic acids is 2. The lowest BCUT2D eigenvalue weighted by Crippen LogP contribution is -2.37. The molecule has 1 aromatic heterocycles. The number of phosphoric ester groups is 1. The number of likely N-dealkylation sites (N-methyl/N-ethyl adjacent to an activating group) is 1. The van der Waals surface area contributed by atoms with E-state index in [1.165, 1.54) is 11.1 Å². The lowest BCUT2D eigenvalue weighted by atomic mass is 10.0. The van der Waals surface area contributed by atoms with E-state index in [0.29, 0.717) is 30.3 Å². The van der Waals surface area contributed by atoms with Gasteiger partial charge in [-0.15, -0.1) is 0 Å². The van der Waals surface area contributed by atoms with E-state index in [1.807, 2.05) is 39.4 Å². The van der Waals surface area contributed by atoms with Crippen molar-refractivity contribution in [2.45, 2.75) is 149 Å². The average molecular weight is 861 g/mol. The van der Waals surface area contributed by atoms with Crippen molar-refractivity contribution < 1.29 is 51.6 Å². The van der Waals surface area contributed by atoms with Crippen LogP contribution in [0.25, 0.3) is 0 Å². The Balaban J connectivity index is 2.47. The summed E-state index contributed by atoms with van der Waals surface area (Å²) in [5.74, 6) is 1.20. The molecule has 2 N–H and O–H groups in total. The molecule has 3 atom stereocenters. The van der Waals surface area contributed by atoms with Gasteiger partial charge < -0.3 is 28.4 Å². The fraction of sp³-hybridized carbons (Fsp3) is 0.625. The molecule has 60 heavy (non-hydrogen) atoms. The van der Waals surface area contributed by atoms with Gasteiger partial charge in [0, 0.05) is 25.7 Å². The highest BCUT2D eigenvalue weighted by atomic mass is 31.2. The van der Waals surface area contributed by atoms with E-state index in [-0.39, 0.29) is 26.1 Å². The third-order valence-electron chi connectivity index (χ3n) is 9.52. The van der Waals surface area contributed by atoms with Gasteiger partial charge in [0.25, 0.3) is 0 Å². The number of quaternary nitrogens is 1. The minimum atomic E-state index is -4.44. The van der Waals surface area contributed by atoms with E-state index in [0.717, 1.165) is 88.6 Å².